The maximum Gasteiger partial charge on any atom is 0.352 e. The SMILES string of the molecule is CC(CCl)=C(C)C(=O)ON(C)C. The number of carbonyl (C=O) groups is 1. The molecule has 0 aliphatic carbocycles. The van der Waals surface area contributed by atoms with E-state index in [4.69, 9.17) is 16.4 Å². The smallest absolute Gasteiger partial charge is 0.352 e. The van der Waals surface area contributed by atoms with Crippen molar-refractivity contribution in [3.8, 4) is 0 Å². The van der Waals surface area contributed by atoms with Gasteiger partial charge in [-0.2, -0.15) is 0 Å². The molecule has 0 bridgehead atoms. The van der Waals surface area contributed by atoms with Gasteiger partial charge in [-0.25, -0.2) is 4.79 Å². The zero-order valence-electron chi connectivity index (χ0n) is 7.85. The predicted molar refractivity (Wildman–Crippen MR) is 48.9 cm³/mol. The maximum absolute atomic E-state index is 11.2. The molecule has 0 radical (unpaired) electrons. The van der Waals surface area contributed by atoms with E-state index in [2.05, 4.69) is 0 Å². The summed E-state index contributed by atoms with van der Waals surface area (Å²) in [4.78, 5) is 16.0. The summed E-state index contributed by atoms with van der Waals surface area (Å²) >= 11 is 5.55. The van der Waals surface area contributed by atoms with E-state index in [-0.39, 0.29) is 5.97 Å². The molecule has 0 atom stereocenters. The van der Waals surface area contributed by atoms with Crippen LogP contribution in [-0.4, -0.2) is 31.0 Å². The van der Waals surface area contributed by atoms with Crippen LogP contribution in [0.25, 0.3) is 0 Å². The van der Waals surface area contributed by atoms with Gasteiger partial charge in [0.05, 0.1) is 0 Å². The number of halogens is 1. The summed E-state index contributed by atoms with van der Waals surface area (Å²) in [6, 6.07) is 0. The van der Waals surface area contributed by atoms with Crippen molar-refractivity contribution in [1.29, 1.82) is 0 Å². The molecule has 0 heterocycles. The molecule has 0 aliphatic rings. The molecule has 0 N–H and O–H groups in total. The van der Waals surface area contributed by atoms with E-state index in [9.17, 15) is 4.79 Å². The normalized spacial score (nSPS) is 12.8. The lowest BCUT2D eigenvalue weighted by molar-refractivity contribution is -0.172. The highest BCUT2D eigenvalue weighted by atomic mass is 35.5. The standard InChI is InChI=1S/C8H14ClNO2/c1-6(5-9)7(2)8(11)12-10(3)4/h5H2,1-4H3. The Bertz CT molecular complexity index is 199. The number of hydrogen-bond donors (Lipinski definition) is 0. The minimum Gasteiger partial charge on any atom is -0.365 e. The lowest BCUT2D eigenvalue weighted by Gasteiger charge is -2.10. The largest absolute Gasteiger partial charge is 0.365 e. The molecule has 0 fully saturated rings. The minimum atomic E-state index is -0.349. The van der Waals surface area contributed by atoms with Gasteiger partial charge in [0.2, 0.25) is 0 Å². The van der Waals surface area contributed by atoms with Crippen molar-refractivity contribution >= 4 is 17.6 Å². The van der Waals surface area contributed by atoms with Crippen molar-refractivity contribution in [2.24, 2.45) is 0 Å². The summed E-state index contributed by atoms with van der Waals surface area (Å²) in [5.74, 6) is 0.00658. The summed E-state index contributed by atoms with van der Waals surface area (Å²) in [7, 11) is 3.31. The molecule has 12 heavy (non-hydrogen) atoms. The number of carbonyl (C=O) groups excluding carboxylic acids is 1. The molecule has 0 unspecified atom stereocenters. The molecule has 0 spiro atoms. The Morgan fingerprint density at radius 1 is 1.42 bits per heavy atom. The average Bonchev–Trinajstić information content (AvgIpc) is 2.00. The molecule has 0 aromatic rings. The first kappa shape index (κ1) is 11.5. The topological polar surface area (TPSA) is 29.5 Å². The van der Waals surface area contributed by atoms with E-state index in [0.29, 0.717) is 11.5 Å². The second-order valence-corrected chi connectivity index (χ2v) is 3.00. The predicted octanol–water partition coefficient (Wildman–Crippen LogP) is 1.58. The van der Waals surface area contributed by atoms with Crippen molar-refractivity contribution in [3.05, 3.63) is 11.1 Å². The van der Waals surface area contributed by atoms with Crippen molar-refractivity contribution in [2.45, 2.75) is 13.8 Å². The first-order valence-corrected chi connectivity index (χ1v) is 4.14. The van der Waals surface area contributed by atoms with Crippen molar-refractivity contribution < 1.29 is 9.63 Å². The van der Waals surface area contributed by atoms with E-state index >= 15 is 0 Å². The summed E-state index contributed by atoms with van der Waals surface area (Å²) in [6.07, 6.45) is 0. The Kier molecular flexibility index (Phi) is 4.93. The van der Waals surface area contributed by atoms with E-state index in [0.717, 1.165) is 5.57 Å². The third kappa shape index (κ3) is 3.74. The monoisotopic (exact) mass is 191 g/mol. The van der Waals surface area contributed by atoms with Gasteiger partial charge in [-0.1, -0.05) is 0 Å². The summed E-state index contributed by atoms with van der Waals surface area (Å²) in [5.41, 5.74) is 1.40. The first-order chi connectivity index (χ1) is 5.49. The Balaban J connectivity index is 4.29. The van der Waals surface area contributed by atoms with E-state index in [1.165, 1.54) is 5.06 Å². The molecular weight excluding hydrogens is 178 g/mol. The number of nitrogens with zero attached hydrogens (tertiary/aromatic N) is 1. The van der Waals surface area contributed by atoms with Crippen LogP contribution in [0.15, 0.2) is 11.1 Å². The van der Waals surface area contributed by atoms with Crippen LogP contribution in [0.5, 0.6) is 0 Å². The minimum absolute atomic E-state index is 0.349. The van der Waals surface area contributed by atoms with Crippen molar-refractivity contribution in [1.82, 2.24) is 5.06 Å². The highest BCUT2D eigenvalue weighted by Gasteiger charge is 2.09. The zero-order valence-corrected chi connectivity index (χ0v) is 8.60. The maximum atomic E-state index is 11.2. The van der Waals surface area contributed by atoms with Gasteiger partial charge < -0.3 is 4.84 Å². The van der Waals surface area contributed by atoms with Crippen LogP contribution in [0.3, 0.4) is 0 Å². The first-order valence-electron chi connectivity index (χ1n) is 3.61. The third-order valence-corrected chi connectivity index (χ3v) is 1.81. The summed E-state index contributed by atoms with van der Waals surface area (Å²) in [5, 5.41) is 1.35. The highest BCUT2D eigenvalue weighted by Crippen LogP contribution is 2.07. The Labute approximate surface area is 77.9 Å². The van der Waals surface area contributed by atoms with Crippen LogP contribution in [0.1, 0.15) is 13.8 Å². The van der Waals surface area contributed by atoms with Crippen molar-refractivity contribution in [2.75, 3.05) is 20.0 Å². The van der Waals surface area contributed by atoms with Gasteiger partial charge in [-0.3, -0.25) is 0 Å². The lowest BCUT2D eigenvalue weighted by atomic mass is 10.2. The van der Waals surface area contributed by atoms with E-state index < -0.39 is 0 Å². The van der Waals surface area contributed by atoms with Crippen LogP contribution < -0.4 is 0 Å². The van der Waals surface area contributed by atoms with Gasteiger partial charge in [0.1, 0.15) is 0 Å². The van der Waals surface area contributed by atoms with E-state index in [1.807, 2.05) is 0 Å². The lowest BCUT2D eigenvalue weighted by Crippen LogP contribution is -2.19. The molecular formula is C8H14ClNO2. The molecule has 0 aromatic heterocycles. The van der Waals surface area contributed by atoms with Crippen LogP contribution in [0, 0.1) is 0 Å². The molecule has 0 amide bonds. The summed E-state index contributed by atoms with van der Waals surface area (Å²) < 4.78 is 0. The molecule has 0 aliphatic heterocycles. The van der Waals surface area contributed by atoms with Crippen LogP contribution in [0.2, 0.25) is 0 Å². The van der Waals surface area contributed by atoms with Crippen molar-refractivity contribution in [3.63, 3.8) is 0 Å². The number of rotatable bonds is 3. The fourth-order valence-corrected chi connectivity index (χ4v) is 0.709. The van der Waals surface area contributed by atoms with Gasteiger partial charge in [-0.05, 0) is 19.4 Å². The molecule has 70 valence electrons. The van der Waals surface area contributed by atoms with Gasteiger partial charge in [0, 0.05) is 25.5 Å². The van der Waals surface area contributed by atoms with Gasteiger partial charge in [-0.15, -0.1) is 16.7 Å². The van der Waals surface area contributed by atoms with E-state index in [1.54, 1.807) is 27.9 Å². The average molecular weight is 192 g/mol. The van der Waals surface area contributed by atoms with Gasteiger partial charge in [0.15, 0.2) is 0 Å². The highest BCUT2D eigenvalue weighted by molar-refractivity contribution is 6.19. The number of allylic oxidation sites excluding steroid dienone is 1. The fourth-order valence-electron chi connectivity index (χ4n) is 0.509. The van der Waals surface area contributed by atoms with Gasteiger partial charge >= 0.3 is 5.97 Å². The van der Waals surface area contributed by atoms with Crippen LogP contribution in [0.4, 0.5) is 0 Å². The zero-order chi connectivity index (χ0) is 9.72. The Hall–Kier alpha value is -0.540. The summed E-state index contributed by atoms with van der Waals surface area (Å²) in [6.45, 7) is 3.50. The number of alkyl halides is 1. The molecule has 4 heteroatoms. The van der Waals surface area contributed by atoms with Gasteiger partial charge in [0.25, 0.3) is 0 Å². The third-order valence-electron chi connectivity index (χ3n) is 1.41. The number of hydrogen-bond acceptors (Lipinski definition) is 3. The second-order valence-electron chi connectivity index (χ2n) is 2.73. The molecule has 0 saturated heterocycles. The fraction of sp³-hybridized carbons (Fsp3) is 0.625. The Morgan fingerprint density at radius 2 is 1.92 bits per heavy atom. The van der Waals surface area contributed by atoms with Crippen LogP contribution in [-0.2, 0) is 9.63 Å². The molecule has 0 aromatic carbocycles. The molecule has 0 rings (SSSR count). The second kappa shape index (κ2) is 5.17. The Morgan fingerprint density at radius 3 is 2.25 bits per heavy atom. The number of hydroxylamine groups is 2. The quantitative estimate of drug-likeness (QED) is 0.386. The molecule has 3 nitrogen and oxygen atoms in total. The molecule has 0 saturated carbocycles. The van der Waals surface area contributed by atoms with Crippen LogP contribution >= 0.6 is 11.6 Å².